The van der Waals surface area contributed by atoms with E-state index >= 15 is 0 Å². The monoisotopic (exact) mass is 439 g/mol. The maximum Gasteiger partial charge on any atom is 0.258 e. The fourth-order valence-corrected chi connectivity index (χ4v) is 4.83. The lowest BCUT2D eigenvalue weighted by molar-refractivity contribution is 0.102. The van der Waals surface area contributed by atoms with E-state index in [1.54, 1.807) is 29.8 Å². The Morgan fingerprint density at radius 2 is 1.94 bits per heavy atom. The SMILES string of the molecule is Cc1cn2cc(NC(=O)c3ccc(N4CC(C)NC(C)C4)c4nsnc34)cc(F)c2n1. The number of piperazine rings is 1. The third kappa shape index (κ3) is 3.61. The van der Waals surface area contributed by atoms with Crippen molar-refractivity contribution in [2.45, 2.75) is 32.9 Å². The summed E-state index contributed by atoms with van der Waals surface area (Å²) in [5.74, 6) is -0.856. The molecule has 3 aromatic heterocycles. The molecule has 4 heterocycles. The first-order chi connectivity index (χ1) is 14.9. The zero-order valence-electron chi connectivity index (χ0n) is 17.4. The third-order valence-corrected chi connectivity index (χ3v) is 5.95. The molecule has 1 amide bonds. The van der Waals surface area contributed by atoms with Gasteiger partial charge in [-0.05, 0) is 32.9 Å². The van der Waals surface area contributed by atoms with Crippen molar-refractivity contribution in [1.82, 2.24) is 23.4 Å². The largest absolute Gasteiger partial charge is 0.367 e. The highest BCUT2D eigenvalue weighted by atomic mass is 32.1. The van der Waals surface area contributed by atoms with Gasteiger partial charge in [0, 0.05) is 43.6 Å². The number of hydrogen-bond donors (Lipinski definition) is 2. The van der Waals surface area contributed by atoms with Crippen LogP contribution in [-0.4, -0.2) is 49.2 Å². The van der Waals surface area contributed by atoms with Gasteiger partial charge in [-0.15, -0.1) is 0 Å². The number of aryl methyl sites for hydroxylation is 1. The molecule has 160 valence electrons. The fourth-order valence-electron chi connectivity index (χ4n) is 4.26. The Morgan fingerprint density at radius 3 is 2.71 bits per heavy atom. The number of hydrogen-bond acceptors (Lipinski definition) is 7. The lowest BCUT2D eigenvalue weighted by Gasteiger charge is -2.37. The van der Waals surface area contributed by atoms with Crippen LogP contribution in [0.5, 0.6) is 0 Å². The van der Waals surface area contributed by atoms with Crippen LogP contribution in [0.25, 0.3) is 16.7 Å². The predicted octanol–water partition coefficient (Wildman–Crippen LogP) is 3.23. The van der Waals surface area contributed by atoms with E-state index in [-0.39, 0.29) is 11.6 Å². The molecule has 31 heavy (non-hydrogen) atoms. The first-order valence-corrected chi connectivity index (χ1v) is 10.8. The standard InChI is InChI=1S/C21H22FN7OS/c1-11-7-28(8-12(2)23-11)17-5-4-15(18-19(17)27-31-26-18)21(30)25-14-6-16(22)20-24-13(3)9-29(20)10-14/h4-6,9-12,23H,7-8H2,1-3H3,(H,25,30). The van der Waals surface area contributed by atoms with E-state index in [9.17, 15) is 9.18 Å². The van der Waals surface area contributed by atoms with E-state index in [1.807, 2.05) is 6.07 Å². The van der Waals surface area contributed by atoms with Crippen molar-refractivity contribution in [1.29, 1.82) is 0 Å². The van der Waals surface area contributed by atoms with Gasteiger partial charge in [-0.2, -0.15) is 8.75 Å². The van der Waals surface area contributed by atoms with Crippen molar-refractivity contribution in [2.24, 2.45) is 0 Å². The first-order valence-electron chi connectivity index (χ1n) is 10.1. The Balaban J connectivity index is 1.47. The Labute approximate surface area is 182 Å². The minimum atomic E-state index is -0.497. The molecule has 1 aliphatic heterocycles. The summed E-state index contributed by atoms with van der Waals surface area (Å²) in [7, 11) is 0. The molecule has 10 heteroatoms. The quantitative estimate of drug-likeness (QED) is 0.510. The van der Waals surface area contributed by atoms with Crippen LogP contribution >= 0.6 is 11.7 Å². The highest BCUT2D eigenvalue weighted by molar-refractivity contribution is 7.00. The second-order valence-corrected chi connectivity index (χ2v) is 8.64. The van der Waals surface area contributed by atoms with Crippen LogP contribution in [0.15, 0.2) is 30.6 Å². The van der Waals surface area contributed by atoms with Crippen molar-refractivity contribution < 1.29 is 9.18 Å². The lowest BCUT2D eigenvalue weighted by atomic mass is 10.1. The van der Waals surface area contributed by atoms with Gasteiger partial charge in [0.2, 0.25) is 0 Å². The predicted molar refractivity (Wildman–Crippen MR) is 120 cm³/mol. The van der Waals surface area contributed by atoms with Crippen molar-refractivity contribution in [3.63, 3.8) is 0 Å². The molecule has 0 bridgehead atoms. The number of carbonyl (C=O) groups excluding carboxylic acids is 1. The van der Waals surface area contributed by atoms with Crippen LogP contribution in [0.3, 0.4) is 0 Å². The molecule has 2 unspecified atom stereocenters. The maximum atomic E-state index is 14.4. The van der Waals surface area contributed by atoms with E-state index in [1.165, 1.54) is 6.07 Å². The van der Waals surface area contributed by atoms with Gasteiger partial charge in [0.25, 0.3) is 5.91 Å². The highest BCUT2D eigenvalue weighted by Crippen LogP contribution is 2.30. The molecular weight excluding hydrogens is 417 g/mol. The molecule has 5 rings (SSSR count). The molecule has 4 aromatic rings. The molecular formula is C21H22FN7OS. The normalized spacial score (nSPS) is 19.3. The fraction of sp³-hybridized carbons (Fsp3) is 0.333. The van der Waals surface area contributed by atoms with Crippen molar-refractivity contribution >= 4 is 45.7 Å². The number of carbonyl (C=O) groups is 1. The Bertz CT molecular complexity index is 1290. The minimum Gasteiger partial charge on any atom is -0.367 e. The summed E-state index contributed by atoms with van der Waals surface area (Å²) >= 11 is 1.08. The Kier molecular flexibility index (Phi) is 4.82. The second-order valence-electron chi connectivity index (χ2n) is 8.11. The molecule has 0 radical (unpaired) electrons. The van der Waals surface area contributed by atoms with Gasteiger partial charge in [-0.3, -0.25) is 4.79 Å². The van der Waals surface area contributed by atoms with E-state index < -0.39 is 5.82 Å². The van der Waals surface area contributed by atoms with Gasteiger partial charge in [-0.25, -0.2) is 9.37 Å². The zero-order valence-corrected chi connectivity index (χ0v) is 18.2. The number of nitrogens with zero attached hydrogens (tertiary/aromatic N) is 5. The number of anilines is 2. The van der Waals surface area contributed by atoms with Crippen LogP contribution in [0.4, 0.5) is 15.8 Å². The molecule has 1 saturated heterocycles. The number of rotatable bonds is 3. The van der Waals surface area contributed by atoms with Crippen molar-refractivity contribution in [3.8, 4) is 0 Å². The topological polar surface area (TPSA) is 87.5 Å². The molecule has 2 atom stereocenters. The highest BCUT2D eigenvalue weighted by Gasteiger charge is 2.25. The summed E-state index contributed by atoms with van der Waals surface area (Å²) < 4.78 is 24.8. The molecule has 0 spiro atoms. The summed E-state index contributed by atoms with van der Waals surface area (Å²) in [6.07, 6.45) is 3.35. The van der Waals surface area contributed by atoms with Gasteiger partial charge in [-0.1, -0.05) is 0 Å². The summed E-state index contributed by atoms with van der Waals surface area (Å²) in [5, 5.41) is 6.30. The summed E-state index contributed by atoms with van der Waals surface area (Å²) in [5.41, 5.74) is 3.92. The van der Waals surface area contributed by atoms with Gasteiger partial charge in [0.15, 0.2) is 11.5 Å². The van der Waals surface area contributed by atoms with Crippen LogP contribution < -0.4 is 15.5 Å². The summed E-state index contributed by atoms with van der Waals surface area (Å²) in [4.78, 5) is 19.4. The number of pyridine rings is 1. The molecule has 2 N–H and O–H groups in total. The molecule has 0 saturated carbocycles. The van der Waals surface area contributed by atoms with E-state index in [4.69, 9.17) is 0 Å². The molecule has 1 fully saturated rings. The van der Waals surface area contributed by atoms with E-state index in [2.05, 4.69) is 43.1 Å². The maximum absolute atomic E-state index is 14.4. The summed E-state index contributed by atoms with van der Waals surface area (Å²) in [6.45, 7) is 7.80. The van der Waals surface area contributed by atoms with Gasteiger partial charge < -0.3 is 19.9 Å². The number of amides is 1. The van der Waals surface area contributed by atoms with Gasteiger partial charge in [0.05, 0.1) is 34.4 Å². The third-order valence-electron chi connectivity index (χ3n) is 5.42. The van der Waals surface area contributed by atoms with Crippen LogP contribution in [0.1, 0.15) is 29.9 Å². The van der Waals surface area contributed by atoms with Crippen LogP contribution in [0.2, 0.25) is 0 Å². The number of halogens is 1. The average Bonchev–Trinajstić information content (AvgIpc) is 3.33. The van der Waals surface area contributed by atoms with E-state index in [0.29, 0.717) is 40.1 Å². The smallest absolute Gasteiger partial charge is 0.258 e. The number of nitrogens with one attached hydrogen (secondary N) is 2. The zero-order chi connectivity index (χ0) is 21.7. The Morgan fingerprint density at radius 1 is 1.19 bits per heavy atom. The van der Waals surface area contributed by atoms with E-state index in [0.717, 1.165) is 30.5 Å². The van der Waals surface area contributed by atoms with Gasteiger partial charge in [0.1, 0.15) is 11.0 Å². The lowest BCUT2D eigenvalue weighted by Crippen LogP contribution is -2.54. The molecule has 8 nitrogen and oxygen atoms in total. The molecule has 0 aliphatic carbocycles. The van der Waals surface area contributed by atoms with Crippen LogP contribution in [0, 0.1) is 12.7 Å². The molecule has 1 aromatic carbocycles. The number of fused-ring (bicyclic) bond motifs is 2. The Hall–Kier alpha value is -3.11. The number of benzene rings is 1. The first kappa shape index (κ1) is 19.8. The number of aromatic nitrogens is 4. The average molecular weight is 440 g/mol. The second kappa shape index (κ2) is 7.54. The van der Waals surface area contributed by atoms with Gasteiger partial charge >= 0.3 is 0 Å². The van der Waals surface area contributed by atoms with Crippen LogP contribution in [-0.2, 0) is 0 Å². The molecule has 1 aliphatic rings. The van der Waals surface area contributed by atoms with Crippen molar-refractivity contribution in [3.05, 3.63) is 47.7 Å². The van der Waals surface area contributed by atoms with Crippen molar-refractivity contribution in [2.75, 3.05) is 23.3 Å². The number of imidazole rings is 1. The summed E-state index contributed by atoms with van der Waals surface area (Å²) in [6, 6.07) is 5.66. The minimum absolute atomic E-state index is 0.227.